The van der Waals surface area contributed by atoms with Crippen LogP contribution in [0.25, 0.3) is 10.8 Å². The van der Waals surface area contributed by atoms with E-state index in [-0.39, 0.29) is 12.3 Å². The molecule has 1 aliphatic heterocycles. The lowest BCUT2D eigenvalue weighted by Gasteiger charge is -2.31. The Hall–Kier alpha value is -3.36. The average molecular weight is 472 g/mol. The molecule has 0 saturated carbocycles. The van der Waals surface area contributed by atoms with E-state index in [1.165, 1.54) is 0 Å². The zero-order chi connectivity index (χ0) is 25.1. The largest absolute Gasteiger partial charge is 0.460 e. The van der Waals surface area contributed by atoms with Crippen LogP contribution in [0.5, 0.6) is 0 Å². The van der Waals surface area contributed by atoms with Gasteiger partial charge in [0.25, 0.3) is 5.91 Å². The smallest absolute Gasteiger partial charge is 0.308 e. The van der Waals surface area contributed by atoms with Crippen molar-refractivity contribution in [3.63, 3.8) is 0 Å². The number of benzene rings is 1. The third-order valence-corrected chi connectivity index (χ3v) is 5.63. The maximum absolute atomic E-state index is 13.4. The molecule has 0 radical (unpaired) electrons. The molecule has 9 heteroatoms. The number of hydrogen-bond donors (Lipinski definition) is 1. The summed E-state index contributed by atoms with van der Waals surface area (Å²) >= 11 is 0. The normalized spacial score (nSPS) is 18.9. The molecule has 1 N–H and O–H groups in total. The second kappa shape index (κ2) is 9.87. The van der Waals surface area contributed by atoms with Crippen LogP contribution in [0, 0.1) is 5.92 Å². The SMILES string of the molecule is CC(C)[C@]1(C(=O)NC(CC(=O)OC(C)(C)C)C(=O)CF)CC(c2nccc3ccccc23)=NO1. The highest BCUT2D eigenvalue weighted by Gasteiger charge is 2.51. The predicted octanol–water partition coefficient (Wildman–Crippen LogP) is 3.51. The quantitative estimate of drug-likeness (QED) is 0.591. The summed E-state index contributed by atoms with van der Waals surface area (Å²) in [5, 5.41) is 8.52. The summed E-state index contributed by atoms with van der Waals surface area (Å²) in [5.41, 5.74) is -1.15. The molecule has 182 valence electrons. The van der Waals surface area contributed by atoms with Crippen molar-refractivity contribution in [2.45, 2.75) is 64.7 Å². The van der Waals surface area contributed by atoms with Crippen molar-refractivity contribution in [2.75, 3.05) is 6.67 Å². The van der Waals surface area contributed by atoms with E-state index in [1.807, 2.05) is 30.3 Å². The molecule has 1 aromatic carbocycles. The van der Waals surface area contributed by atoms with Crippen LogP contribution in [0.1, 0.15) is 53.2 Å². The second-order valence-electron chi connectivity index (χ2n) is 9.65. The van der Waals surface area contributed by atoms with E-state index in [2.05, 4.69) is 15.5 Å². The van der Waals surface area contributed by atoms with E-state index in [1.54, 1.807) is 40.8 Å². The first-order chi connectivity index (χ1) is 16.0. The number of rotatable bonds is 8. The maximum atomic E-state index is 13.4. The molecule has 1 unspecified atom stereocenters. The Balaban J connectivity index is 1.83. The number of nitrogens with one attached hydrogen (secondary N) is 1. The number of ketones is 1. The number of amides is 1. The van der Waals surface area contributed by atoms with Crippen molar-refractivity contribution in [1.82, 2.24) is 10.3 Å². The monoisotopic (exact) mass is 471 g/mol. The number of oxime groups is 1. The Bertz CT molecular complexity index is 1120. The minimum atomic E-state index is -1.45. The van der Waals surface area contributed by atoms with Crippen LogP contribution in [0.3, 0.4) is 0 Å². The summed E-state index contributed by atoms with van der Waals surface area (Å²) in [6.07, 6.45) is 1.27. The van der Waals surface area contributed by atoms with Gasteiger partial charge in [0.1, 0.15) is 24.0 Å². The molecule has 1 amide bonds. The molecule has 0 fully saturated rings. The lowest BCUT2D eigenvalue weighted by Crippen LogP contribution is -2.56. The third-order valence-electron chi connectivity index (χ3n) is 5.63. The number of halogens is 1. The summed E-state index contributed by atoms with van der Waals surface area (Å²) in [6, 6.07) is 8.15. The van der Waals surface area contributed by atoms with Crippen molar-refractivity contribution >= 4 is 34.1 Å². The number of carbonyl (C=O) groups is 3. The molecule has 1 aliphatic rings. The Labute approximate surface area is 197 Å². The minimum absolute atomic E-state index is 0.0977. The number of fused-ring (bicyclic) bond motifs is 1. The van der Waals surface area contributed by atoms with Crippen LogP contribution in [0.2, 0.25) is 0 Å². The highest BCUT2D eigenvalue weighted by molar-refractivity contribution is 6.12. The summed E-state index contributed by atoms with van der Waals surface area (Å²) in [6.45, 7) is 7.27. The van der Waals surface area contributed by atoms with E-state index in [0.29, 0.717) is 11.4 Å². The molecule has 0 saturated heterocycles. The fourth-order valence-electron chi connectivity index (χ4n) is 3.79. The second-order valence-corrected chi connectivity index (χ2v) is 9.65. The van der Waals surface area contributed by atoms with E-state index < -0.39 is 48.0 Å². The molecule has 2 atom stereocenters. The van der Waals surface area contributed by atoms with E-state index in [0.717, 1.165) is 10.8 Å². The topological polar surface area (TPSA) is 107 Å². The maximum Gasteiger partial charge on any atom is 0.308 e. The van der Waals surface area contributed by atoms with Gasteiger partial charge in [0.05, 0.1) is 12.1 Å². The zero-order valence-corrected chi connectivity index (χ0v) is 20.1. The van der Waals surface area contributed by atoms with Crippen LogP contribution in [-0.4, -0.2) is 52.3 Å². The number of nitrogens with zero attached hydrogens (tertiary/aromatic N) is 2. The van der Waals surface area contributed by atoms with Gasteiger partial charge >= 0.3 is 5.97 Å². The molecule has 0 aliphatic carbocycles. The van der Waals surface area contributed by atoms with E-state index in [4.69, 9.17) is 9.57 Å². The van der Waals surface area contributed by atoms with Crippen LogP contribution >= 0.6 is 0 Å². The standard InChI is InChI=1S/C25H30FN3O5/c1-15(2)25(23(32)28-18(20(30)14-26)12-21(31)33-24(3,4)5)13-19(29-34-25)22-17-9-7-6-8-16(17)10-11-27-22/h6-11,15,18H,12-14H2,1-5H3,(H,28,32)/t18?,25-/m0/s1. The first-order valence-corrected chi connectivity index (χ1v) is 11.2. The Morgan fingerprint density at radius 3 is 2.56 bits per heavy atom. The number of esters is 1. The Kier molecular flexibility index (Phi) is 7.33. The molecular formula is C25H30FN3O5. The highest BCUT2D eigenvalue weighted by Crippen LogP contribution is 2.35. The van der Waals surface area contributed by atoms with Crippen molar-refractivity contribution in [3.8, 4) is 0 Å². The number of carbonyl (C=O) groups excluding carboxylic acids is 3. The minimum Gasteiger partial charge on any atom is -0.460 e. The number of hydrogen-bond acceptors (Lipinski definition) is 7. The van der Waals surface area contributed by atoms with Crippen LogP contribution in [0.15, 0.2) is 41.7 Å². The van der Waals surface area contributed by atoms with Gasteiger partial charge in [-0.2, -0.15) is 0 Å². The fourth-order valence-corrected chi connectivity index (χ4v) is 3.79. The lowest BCUT2D eigenvalue weighted by atomic mass is 9.83. The number of ether oxygens (including phenoxy) is 1. The number of pyridine rings is 1. The van der Waals surface area contributed by atoms with Crippen molar-refractivity contribution < 1.29 is 28.3 Å². The summed E-state index contributed by atoms with van der Waals surface area (Å²) < 4.78 is 18.5. The van der Waals surface area contributed by atoms with Gasteiger partial charge in [-0.1, -0.05) is 43.3 Å². The molecule has 0 spiro atoms. The van der Waals surface area contributed by atoms with Crippen LogP contribution in [-0.2, 0) is 24.0 Å². The Morgan fingerprint density at radius 1 is 1.21 bits per heavy atom. The lowest BCUT2D eigenvalue weighted by molar-refractivity contribution is -0.158. The van der Waals surface area contributed by atoms with Gasteiger partial charge < -0.3 is 14.9 Å². The van der Waals surface area contributed by atoms with Gasteiger partial charge in [-0.25, -0.2) is 4.39 Å². The highest BCUT2D eigenvalue weighted by atomic mass is 19.1. The third kappa shape index (κ3) is 5.40. The molecule has 8 nitrogen and oxygen atoms in total. The van der Waals surface area contributed by atoms with E-state index >= 15 is 0 Å². The summed E-state index contributed by atoms with van der Waals surface area (Å²) in [7, 11) is 0. The number of aromatic nitrogens is 1. The average Bonchev–Trinajstić information content (AvgIpc) is 3.23. The molecular weight excluding hydrogens is 441 g/mol. The van der Waals surface area contributed by atoms with Gasteiger partial charge in [-0.3, -0.25) is 19.4 Å². The number of Topliss-reactive ketones (excluding diaryl/α,β-unsaturated/α-hetero) is 1. The van der Waals surface area contributed by atoms with E-state index in [9.17, 15) is 18.8 Å². The molecule has 3 rings (SSSR count). The van der Waals surface area contributed by atoms with Gasteiger partial charge in [0.15, 0.2) is 5.78 Å². The van der Waals surface area contributed by atoms with Gasteiger partial charge in [-0.15, -0.1) is 0 Å². The predicted molar refractivity (Wildman–Crippen MR) is 125 cm³/mol. The van der Waals surface area contributed by atoms with Crippen LogP contribution in [0.4, 0.5) is 4.39 Å². The molecule has 2 aromatic rings. The molecule has 2 heterocycles. The van der Waals surface area contributed by atoms with Gasteiger partial charge in [-0.05, 0) is 32.2 Å². The van der Waals surface area contributed by atoms with Crippen LogP contribution < -0.4 is 5.32 Å². The first-order valence-electron chi connectivity index (χ1n) is 11.2. The molecule has 1 aromatic heterocycles. The molecule has 0 bridgehead atoms. The van der Waals surface area contributed by atoms with Crippen molar-refractivity contribution in [1.29, 1.82) is 0 Å². The van der Waals surface area contributed by atoms with Gasteiger partial charge in [0, 0.05) is 23.9 Å². The Morgan fingerprint density at radius 2 is 1.91 bits per heavy atom. The fraction of sp³-hybridized carbons (Fsp3) is 0.480. The first kappa shape index (κ1) is 25.3. The van der Waals surface area contributed by atoms with Crippen molar-refractivity contribution in [2.24, 2.45) is 11.1 Å². The molecule has 34 heavy (non-hydrogen) atoms. The summed E-state index contributed by atoms with van der Waals surface area (Å²) in [4.78, 5) is 48.0. The van der Waals surface area contributed by atoms with Gasteiger partial charge in [0.2, 0.25) is 5.60 Å². The summed E-state index contributed by atoms with van der Waals surface area (Å²) in [5.74, 6) is -2.65. The number of alkyl halides is 1. The van der Waals surface area contributed by atoms with Crippen molar-refractivity contribution in [3.05, 3.63) is 42.2 Å². The zero-order valence-electron chi connectivity index (χ0n) is 20.1.